The second-order valence-electron chi connectivity index (χ2n) is 3.54. The Kier molecular flexibility index (Phi) is 4.35. The molecule has 0 N–H and O–H groups in total. The van der Waals surface area contributed by atoms with Gasteiger partial charge in [0.25, 0.3) is 0 Å². The van der Waals surface area contributed by atoms with Crippen LogP contribution in [0.1, 0.15) is 37.5 Å². The van der Waals surface area contributed by atoms with E-state index in [1.54, 1.807) is 0 Å². The van der Waals surface area contributed by atoms with Gasteiger partial charge in [-0.2, -0.15) is 0 Å². The molecule has 0 saturated heterocycles. The van der Waals surface area contributed by atoms with Gasteiger partial charge < -0.3 is 4.74 Å². The number of hydrogen-bond acceptors (Lipinski definition) is 2. The topological polar surface area (TPSA) is 26.3 Å². The molecule has 2 nitrogen and oxygen atoms in total. The molecule has 0 aliphatic rings. The molecule has 0 fully saturated rings. The molecule has 0 unspecified atom stereocenters. The van der Waals surface area contributed by atoms with Gasteiger partial charge in [-0.15, -0.1) is 0 Å². The lowest BCUT2D eigenvalue weighted by molar-refractivity contribution is -0.142. The van der Waals surface area contributed by atoms with E-state index in [4.69, 9.17) is 4.74 Å². The Morgan fingerprint density at radius 2 is 1.73 bits per heavy atom. The molecule has 0 aliphatic heterocycles. The third kappa shape index (κ3) is 3.08. The Labute approximate surface area is 91.3 Å². The van der Waals surface area contributed by atoms with E-state index in [-0.39, 0.29) is 5.97 Å². The molecule has 0 aromatic heterocycles. The van der Waals surface area contributed by atoms with Crippen molar-refractivity contribution in [2.45, 2.75) is 40.2 Å². The van der Waals surface area contributed by atoms with E-state index in [1.165, 1.54) is 23.6 Å². The number of hydrogen-bond donors (Lipinski definition) is 0. The van der Waals surface area contributed by atoms with Crippen LogP contribution in [0.25, 0.3) is 0 Å². The molecule has 0 spiro atoms. The summed E-state index contributed by atoms with van der Waals surface area (Å²) in [6, 6.07) is 6.25. The standard InChI is InChI=1S/C13H18O2/c1-4-11-7-6-8-12(5-2)13(11)9-15-10(3)14/h6-8H,4-5,9H2,1-3H3. The maximum atomic E-state index is 10.8. The van der Waals surface area contributed by atoms with Crippen molar-refractivity contribution in [3.8, 4) is 0 Å². The molecule has 2 heteroatoms. The second-order valence-corrected chi connectivity index (χ2v) is 3.54. The zero-order valence-corrected chi connectivity index (χ0v) is 9.67. The number of esters is 1. The van der Waals surface area contributed by atoms with Gasteiger partial charge in [-0.25, -0.2) is 0 Å². The van der Waals surface area contributed by atoms with Crippen molar-refractivity contribution in [1.82, 2.24) is 0 Å². The summed E-state index contributed by atoms with van der Waals surface area (Å²) in [5.41, 5.74) is 3.73. The van der Waals surface area contributed by atoms with Crippen molar-refractivity contribution in [2.24, 2.45) is 0 Å². The van der Waals surface area contributed by atoms with Crippen LogP contribution in [0, 0.1) is 0 Å². The van der Waals surface area contributed by atoms with Crippen LogP contribution in [-0.2, 0) is 29.0 Å². The molecule has 0 saturated carbocycles. The maximum absolute atomic E-state index is 10.8. The summed E-state index contributed by atoms with van der Waals surface area (Å²) >= 11 is 0. The number of aryl methyl sites for hydroxylation is 2. The lowest BCUT2D eigenvalue weighted by Crippen LogP contribution is -2.04. The minimum Gasteiger partial charge on any atom is -0.461 e. The third-order valence-electron chi connectivity index (χ3n) is 2.55. The van der Waals surface area contributed by atoms with Crippen LogP contribution in [0.15, 0.2) is 18.2 Å². The number of carbonyl (C=O) groups is 1. The predicted molar refractivity (Wildman–Crippen MR) is 60.7 cm³/mol. The van der Waals surface area contributed by atoms with Gasteiger partial charge in [0, 0.05) is 6.92 Å². The van der Waals surface area contributed by atoms with Crippen LogP contribution in [0.5, 0.6) is 0 Å². The number of rotatable bonds is 4. The molecule has 0 heterocycles. The molecule has 0 amide bonds. The van der Waals surface area contributed by atoms with Gasteiger partial charge in [-0.3, -0.25) is 4.79 Å². The average Bonchev–Trinajstić information content (AvgIpc) is 2.25. The van der Waals surface area contributed by atoms with Crippen LogP contribution in [0.2, 0.25) is 0 Å². The molecule has 82 valence electrons. The van der Waals surface area contributed by atoms with E-state index in [0.717, 1.165) is 12.8 Å². The molecule has 0 aliphatic carbocycles. The Bertz CT molecular complexity index is 320. The minimum absolute atomic E-state index is 0.219. The number of benzene rings is 1. The van der Waals surface area contributed by atoms with Gasteiger partial charge in [0.2, 0.25) is 0 Å². The number of carbonyl (C=O) groups excluding carboxylic acids is 1. The fourth-order valence-corrected chi connectivity index (χ4v) is 1.71. The lowest BCUT2D eigenvalue weighted by Gasteiger charge is -2.12. The first-order chi connectivity index (χ1) is 7.19. The van der Waals surface area contributed by atoms with E-state index in [9.17, 15) is 4.79 Å². The monoisotopic (exact) mass is 206 g/mol. The molecule has 0 atom stereocenters. The fourth-order valence-electron chi connectivity index (χ4n) is 1.71. The third-order valence-corrected chi connectivity index (χ3v) is 2.55. The summed E-state index contributed by atoms with van der Waals surface area (Å²) in [6.07, 6.45) is 1.95. The van der Waals surface area contributed by atoms with Crippen molar-refractivity contribution in [2.75, 3.05) is 0 Å². The highest BCUT2D eigenvalue weighted by atomic mass is 16.5. The SMILES string of the molecule is CCc1cccc(CC)c1COC(C)=O. The van der Waals surface area contributed by atoms with E-state index in [2.05, 4.69) is 32.0 Å². The Morgan fingerprint density at radius 1 is 1.20 bits per heavy atom. The summed E-state index contributed by atoms with van der Waals surface area (Å²) in [6.45, 7) is 6.08. The van der Waals surface area contributed by atoms with E-state index < -0.39 is 0 Å². The van der Waals surface area contributed by atoms with Crippen LogP contribution in [0.4, 0.5) is 0 Å². The van der Waals surface area contributed by atoms with Crippen LogP contribution in [0.3, 0.4) is 0 Å². The zero-order valence-electron chi connectivity index (χ0n) is 9.67. The first kappa shape index (κ1) is 11.8. The molecular formula is C13H18O2. The first-order valence-corrected chi connectivity index (χ1v) is 5.42. The summed E-state index contributed by atoms with van der Waals surface area (Å²) in [7, 11) is 0. The summed E-state index contributed by atoms with van der Waals surface area (Å²) in [5, 5.41) is 0. The van der Waals surface area contributed by atoms with E-state index >= 15 is 0 Å². The van der Waals surface area contributed by atoms with Crippen LogP contribution < -0.4 is 0 Å². The Balaban J connectivity index is 2.94. The van der Waals surface area contributed by atoms with Crippen molar-refractivity contribution >= 4 is 5.97 Å². The Morgan fingerprint density at radius 3 is 2.13 bits per heavy atom. The minimum atomic E-state index is -0.219. The molecule has 0 bridgehead atoms. The molecule has 1 aromatic rings. The van der Waals surface area contributed by atoms with Crippen LogP contribution >= 0.6 is 0 Å². The molecule has 1 aromatic carbocycles. The normalized spacial score (nSPS) is 10.1. The molecule has 1 rings (SSSR count). The van der Waals surface area contributed by atoms with Gasteiger partial charge in [0.15, 0.2) is 0 Å². The predicted octanol–water partition coefficient (Wildman–Crippen LogP) is 2.87. The lowest BCUT2D eigenvalue weighted by atomic mass is 9.98. The first-order valence-electron chi connectivity index (χ1n) is 5.42. The van der Waals surface area contributed by atoms with Crippen LogP contribution in [-0.4, -0.2) is 5.97 Å². The summed E-state index contributed by atoms with van der Waals surface area (Å²) in [5.74, 6) is -0.219. The van der Waals surface area contributed by atoms with Gasteiger partial charge in [0.05, 0.1) is 0 Å². The molecular weight excluding hydrogens is 188 g/mol. The van der Waals surface area contributed by atoms with Gasteiger partial charge in [0.1, 0.15) is 6.61 Å². The van der Waals surface area contributed by atoms with Gasteiger partial charge >= 0.3 is 5.97 Å². The van der Waals surface area contributed by atoms with E-state index in [0.29, 0.717) is 6.61 Å². The highest BCUT2D eigenvalue weighted by Crippen LogP contribution is 2.17. The zero-order chi connectivity index (χ0) is 11.3. The summed E-state index contributed by atoms with van der Waals surface area (Å²) < 4.78 is 5.07. The van der Waals surface area contributed by atoms with Crippen molar-refractivity contribution in [1.29, 1.82) is 0 Å². The Hall–Kier alpha value is -1.31. The molecule has 0 radical (unpaired) electrons. The quantitative estimate of drug-likeness (QED) is 0.708. The van der Waals surface area contributed by atoms with Crippen molar-refractivity contribution < 1.29 is 9.53 Å². The second kappa shape index (κ2) is 5.54. The maximum Gasteiger partial charge on any atom is 0.302 e. The largest absolute Gasteiger partial charge is 0.461 e. The van der Waals surface area contributed by atoms with Crippen molar-refractivity contribution in [3.63, 3.8) is 0 Å². The smallest absolute Gasteiger partial charge is 0.302 e. The van der Waals surface area contributed by atoms with E-state index in [1.807, 2.05) is 0 Å². The fraction of sp³-hybridized carbons (Fsp3) is 0.462. The highest BCUT2D eigenvalue weighted by molar-refractivity contribution is 5.66. The van der Waals surface area contributed by atoms with Crippen molar-refractivity contribution in [3.05, 3.63) is 34.9 Å². The molecule has 15 heavy (non-hydrogen) atoms. The summed E-state index contributed by atoms with van der Waals surface area (Å²) in [4.78, 5) is 10.8. The average molecular weight is 206 g/mol. The highest BCUT2D eigenvalue weighted by Gasteiger charge is 2.07. The number of ether oxygens (including phenoxy) is 1. The van der Waals surface area contributed by atoms with Gasteiger partial charge in [-0.05, 0) is 29.5 Å². The van der Waals surface area contributed by atoms with Gasteiger partial charge in [-0.1, -0.05) is 32.0 Å².